The SMILES string of the molecule is C=C1C(=O)N=C(n2nc(C3CC3)cc2NC(=O)CC(C)(C)C)N=C1C. The predicted octanol–water partition coefficient (Wildman–Crippen LogP) is 2.90. The van der Waals surface area contributed by atoms with Gasteiger partial charge in [-0.3, -0.25) is 9.59 Å². The fourth-order valence-corrected chi connectivity index (χ4v) is 2.54. The fraction of sp³-hybridized carbons (Fsp3) is 0.500. The molecular weight excluding hydrogens is 318 g/mol. The fourth-order valence-electron chi connectivity index (χ4n) is 2.54. The second kappa shape index (κ2) is 6.06. The number of carbonyl (C=O) groups excluding carboxylic acids is 2. The molecule has 2 heterocycles. The zero-order valence-corrected chi connectivity index (χ0v) is 15.1. The van der Waals surface area contributed by atoms with Crippen LogP contribution in [0.4, 0.5) is 5.82 Å². The number of aliphatic imine (C=N–C) groups is 2. The van der Waals surface area contributed by atoms with Crippen molar-refractivity contribution in [1.82, 2.24) is 9.78 Å². The topological polar surface area (TPSA) is 88.7 Å². The number of carbonyl (C=O) groups is 2. The van der Waals surface area contributed by atoms with E-state index in [4.69, 9.17) is 0 Å². The summed E-state index contributed by atoms with van der Waals surface area (Å²) in [6.07, 6.45) is 2.54. The third-order valence-corrected chi connectivity index (χ3v) is 4.04. The van der Waals surface area contributed by atoms with Gasteiger partial charge in [-0.05, 0) is 25.2 Å². The highest BCUT2D eigenvalue weighted by Gasteiger charge is 2.30. The summed E-state index contributed by atoms with van der Waals surface area (Å²) in [5, 5.41) is 7.41. The monoisotopic (exact) mass is 341 g/mol. The third-order valence-electron chi connectivity index (χ3n) is 4.04. The molecule has 2 amide bonds. The van der Waals surface area contributed by atoms with Crippen LogP contribution >= 0.6 is 0 Å². The van der Waals surface area contributed by atoms with Gasteiger partial charge in [-0.15, -0.1) is 0 Å². The molecule has 1 aliphatic heterocycles. The first-order valence-electron chi connectivity index (χ1n) is 8.42. The predicted molar refractivity (Wildman–Crippen MR) is 97.0 cm³/mol. The van der Waals surface area contributed by atoms with Gasteiger partial charge in [-0.2, -0.15) is 14.8 Å². The Morgan fingerprint density at radius 3 is 2.60 bits per heavy atom. The molecule has 1 fully saturated rings. The highest BCUT2D eigenvalue weighted by molar-refractivity contribution is 6.27. The van der Waals surface area contributed by atoms with E-state index in [9.17, 15) is 9.59 Å². The molecule has 0 aromatic carbocycles. The van der Waals surface area contributed by atoms with Crippen LogP contribution in [0.15, 0.2) is 28.2 Å². The molecule has 1 aromatic heterocycles. The van der Waals surface area contributed by atoms with Crippen LogP contribution in [-0.4, -0.2) is 33.3 Å². The van der Waals surface area contributed by atoms with Crippen molar-refractivity contribution in [2.24, 2.45) is 15.4 Å². The lowest BCUT2D eigenvalue weighted by Crippen LogP contribution is -2.26. The summed E-state index contributed by atoms with van der Waals surface area (Å²) in [6, 6.07) is 1.85. The number of amides is 2. The lowest BCUT2D eigenvalue weighted by molar-refractivity contribution is -0.118. The van der Waals surface area contributed by atoms with E-state index in [0.717, 1.165) is 18.5 Å². The molecule has 0 atom stereocenters. The van der Waals surface area contributed by atoms with Gasteiger partial charge in [0.15, 0.2) is 0 Å². The van der Waals surface area contributed by atoms with Crippen molar-refractivity contribution >= 4 is 29.3 Å². The maximum Gasteiger partial charge on any atom is 0.281 e. The van der Waals surface area contributed by atoms with Gasteiger partial charge in [0.25, 0.3) is 11.9 Å². The van der Waals surface area contributed by atoms with E-state index in [1.807, 2.05) is 26.8 Å². The van der Waals surface area contributed by atoms with Gasteiger partial charge in [0.05, 0.1) is 17.0 Å². The average Bonchev–Trinajstić information content (AvgIpc) is 3.24. The first kappa shape index (κ1) is 17.3. The molecular formula is C18H23N5O2. The number of anilines is 1. The van der Waals surface area contributed by atoms with Gasteiger partial charge in [-0.25, -0.2) is 4.99 Å². The molecule has 0 spiro atoms. The van der Waals surface area contributed by atoms with Crippen LogP contribution < -0.4 is 5.32 Å². The Balaban J connectivity index is 1.93. The summed E-state index contributed by atoms with van der Waals surface area (Å²) < 4.78 is 1.45. The van der Waals surface area contributed by atoms with Crippen LogP contribution in [0, 0.1) is 5.41 Å². The van der Waals surface area contributed by atoms with E-state index < -0.39 is 5.91 Å². The minimum atomic E-state index is -0.432. The van der Waals surface area contributed by atoms with Crippen molar-refractivity contribution in [3.63, 3.8) is 0 Å². The Morgan fingerprint density at radius 1 is 1.36 bits per heavy atom. The van der Waals surface area contributed by atoms with Crippen molar-refractivity contribution in [3.8, 4) is 0 Å². The third kappa shape index (κ3) is 3.92. The molecule has 132 valence electrons. The van der Waals surface area contributed by atoms with Crippen LogP contribution in [0.2, 0.25) is 0 Å². The number of aromatic nitrogens is 2. The molecule has 1 saturated carbocycles. The van der Waals surface area contributed by atoms with Crippen LogP contribution in [0.5, 0.6) is 0 Å². The number of hydrogen-bond acceptors (Lipinski definition) is 4. The Kier molecular flexibility index (Phi) is 4.18. The normalized spacial score (nSPS) is 18.1. The number of nitrogens with zero attached hydrogens (tertiary/aromatic N) is 4. The number of hydrogen-bond donors (Lipinski definition) is 1. The minimum absolute atomic E-state index is 0.108. The van der Waals surface area contributed by atoms with E-state index in [2.05, 4.69) is 27.0 Å². The molecule has 1 N–H and O–H groups in total. The van der Waals surface area contributed by atoms with Crippen molar-refractivity contribution in [3.05, 3.63) is 23.9 Å². The van der Waals surface area contributed by atoms with Gasteiger partial charge < -0.3 is 5.32 Å². The van der Waals surface area contributed by atoms with Gasteiger partial charge in [0, 0.05) is 18.4 Å². The molecule has 7 nitrogen and oxygen atoms in total. The Morgan fingerprint density at radius 2 is 2.04 bits per heavy atom. The largest absolute Gasteiger partial charge is 0.310 e. The van der Waals surface area contributed by atoms with Gasteiger partial charge >= 0.3 is 0 Å². The van der Waals surface area contributed by atoms with Crippen LogP contribution in [0.3, 0.4) is 0 Å². The zero-order valence-electron chi connectivity index (χ0n) is 15.1. The molecule has 0 bridgehead atoms. The standard InChI is InChI=1S/C18H23N5O2/c1-10-11(2)19-17(21-16(10)25)23-14(8-13(22-23)12-6-7-12)20-15(24)9-18(3,4)5/h8,12H,1,6-7,9H2,2-5H3,(H,20,24). The van der Waals surface area contributed by atoms with E-state index >= 15 is 0 Å². The smallest absolute Gasteiger partial charge is 0.281 e. The summed E-state index contributed by atoms with van der Waals surface area (Å²) in [5.41, 5.74) is 1.54. The van der Waals surface area contributed by atoms with Crippen molar-refractivity contribution in [2.75, 3.05) is 5.32 Å². The quantitative estimate of drug-likeness (QED) is 0.857. The average molecular weight is 341 g/mol. The van der Waals surface area contributed by atoms with Crippen molar-refractivity contribution in [1.29, 1.82) is 0 Å². The first-order chi connectivity index (χ1) is 11.6. The summed E-state index contributed by atoms with van der Waals surface area (Å²) in [5.74, 6) is 0.515. The molecule has 0 unspecified atom stereocenters. The number of rotatable bonds is 3. The lowest BCUT2D eigenvalue weighted by Gasteiger charge is -2.17. The molecule has 2 aliphatic rings. The van der Waals surface area contributed by atoms with Crippen LogP contribution in [-0.2, 0) is 9.59 Å². The molecule has 3 rings (SSSR count). The number of nitrogens with one attached hydrogen (secondary N) is 1. The summed E-state index contributed by atoms with van der Waals surface area (Å²) in [6.45, 7) is 11.4. The van der Waals surface area contributed by atoms with E-state index in [-0.39, 0.29) is 22.9 Å². The van der Waals surface area contributed by atoms with E-state index in [1.54, 1.807) is 6.92 Å². The highest BCUT2D eigenvalue weighted by atomic mass is 16.2. The molecule has 25 heavy (non-hydrogen) atoms. The second-order valence-electron chi connectivity index (χ2n) is 7.82. The molecule has 1 aromatic rings. The Hall–Kier alpha value is -2.57. The summed E-state index contributed by atoms with van der Waals surface area (Å²) in [7, 11) is 0. The Labute approximate surface area is 146 Å². The highest BCUT2D eigenvalue weighted by Crippen LogP contribution is 2.40. The van der Waals surface area contributed by atoms with E-state index in [1.165, 1.54) is 4.68 Å². The summed E-state index contributed by atoms with van der Waals surface area (Å²) >= 11 is 0. The zero-order chi connectivity index (χ0) is 18.4. The summed E-state index contributed by atoms with van der Waals surface area (Å²) in [4.78, 5) is 32.6. The maximum atomic E-state index is 12.3. The van der Waals surface area contributed by atoms with Gasteiger partial charge in [-0.1, -0.05) is 27.4 Å². The second-order valence-corrected chi connectivity index (χ2v) is 7.82. The van der Waals surface area contributed by atoms with Crippen molar-refractivity contribution in [2.45, 2.75) is 52.9 Å². The maximum absolute atomic E-state index is 12.3. The minimum Gasteiger partial charge on any atom is -0.310 e. The Bertz CT molecular complexity index is 819. The molecule has 1 aliphatic carbocycles. The van der Waals surface area contributed by atoms with Gasteiger partial charge in [0.2, 0.25) is 5.91 Å². The first-order valence-corrected chi connectivity index (χ1v) is 8.42. The molecule has 0 saturated heterocycles. The van der Waals surface area contributed by atoms with Crippen LogP contribution in [0.25, 0.3) is 0 Å². The van der Waals surface area contributed by atoms with Crippen LogP contribution in [0.1, 0.15) is 58.6 Å². The molecule has 7 heteroatoms. The van der Waals surface area contributed by atoms with Gasteiger partial charge in [0.1, 0.15) is 5.82 Å². The van der Waals surface area contributed by atoms with Crippen molar-refractivity contribution < 1.29 is 9.59 Å². The molecule has 0 radical (unpaired) electrons. The van der Waals surface area contributed by atoms with E-state index in [0.29, 0.717) is 23.9 Å². The lowest BCUT2D eigenvalue weighted by atomic mass is 9.92.